The maximum atomic E-state index is 12.9. The predicted octanol–water partition coefficient (Wildman–Crippen LogP) is 4.32. The third-order valence-electron chi connectivity index (χ3n) is 6.04. The van der Waals surface area contributed by atoms with Gasteiger partial charge in [0, 0.05) is 37.6 Å². The number of ether oxygens (including phenoxy) is 1. The van der Waals surface area contributed by atoms with Gasteiger partial charge in [-0.2, -0.15) is 0 Å². The number of hydrogen-bond donors (Lipinski definition) is 1. The molecule has 6 heteroatoms. The van der Waals surface area contributed by atoms with Crippen LogP contribution >= 0.6 is 0 Å². The number of hydrogen-bond acceptors (Lipinski definition) is 4. The van der Waals surface area contributed by atoms with E-state index in [1.165, 1.54) is 31.4 Å². The molecule has 2 aromatic carbocycles. The largest absolute Gasteiger partial charge is 0.483 e. The Kier molecular flexibility index (Phi) is 7.07. The number of amides is 2. The highest BCUT2D eigenvalue weighted by Gasteiger charge is 2.18. The van der Waals surface area contributed by atoms with Crippen LogP contribution in [0.25, 0.3) is 0 Å². The number of nitrogens with one attached hydrogen (secondary N) is 1. The van der Waals surface area contributed by atoms with Gasteiger partial charge < -0.3 is 19.9 Å². The summed E-state index contributed by atoms with van der Waals surface area (Å²) in [6.45, 7) is 3.71. The summed E-state index contributed by atoms with van der Waals surface area (Å²) in [5.41, 5.74) is 2.35. The summed E-state index contributed by atoms with van der Waals surface area (Å²) in [5, 5.41) is 2.94. The third kappa shape index (κ3) is 5.57. The first-order valence-electron chi connectivity index (χ1n) is 11.4. The van der Waals surface area contributed by atoms with Crippen LogP contribution in [-0.4, -0.2) is 49.5 Å². The molecule has 0 saturated carbocycles. The van der Waals surface area contributed by atoms with Gasteiger partial charge in [-0.3, -0.25) is 9.59 Å². The van der Waals surface area contributed by atoms with Gasteiger partial charge in [0.1, 0.15) is 5.75 Å². The van der Waals surface area contributed by atoms with Crippen molar-refractivity contribution in [1.29, 1.82) is 0 Å². The molecule has 0 aliphatic carbocycles. The first-order chi connectivity index (χ1) is 15.2. The van der Waals surface area contributed by atoms with E-state index in [2.05, 4.69) is 10.2 Å². The number of benzene rings is 2. The van der Waals surface area contributed by atoms with E-state index in [4.69, 9.17) is 4.74 Å². The standard InChI is InChI=1S/C25H31N3O3/c29-24(28-17-5-1-2-6-18-28)19-31-23-10-4-3-9-22(23)25(30)26-20-11-13-21(14-12-20)27-15-7-8-16-27/h3-4,9-14H,1-2,5-8,15-19H2,(H,26,30). The summed E-state index contributed by atoms with van der Waals surface area (Å²) in [4.78, 5) is 29.6. The van der Waals surface area contributed by atoms with Crippen molar-refractivity contribution < 1.29 is 14.3 Å². The van der Waals surface area contributed by atoms with Gasteiger partial charge in [-0.05, 0) is 62.1 Å². The molecule has 0 spiro atoms. The Labute approximate surface area is 184 Å². The molecule has 0 unspecified atom stereocenters. The van der Waals surface area contributed by atoms with Crippen molar-refractivity contribution in [2.24, 2.45) is 0 Å². The van der Waals surface area contributed by atoms with Crippen LogP contribution in [0.3, 0.4) is 0 Å². The van der Waals surface area contributed by atoms with Crippen LogP contribution in [-0.2, 0) is 4.79 Å². The number of likely N-dealkylation sites (tertiary alicyclic amines) is 1. The van der Waals surface area contributed by atoms with Gasteiger partial charge in [-0.15, -0.1) is 0 Å². The van der Waals surface area contributed by atoms with Crippen molar-refractivity contribution in [2.45, 2.75) is 38.5 Å². The number of carbonyl (C=O) groups excluding carboxylic acids is 2. The second kappa shape index (κ2) is 10.3. The molecule has 4 rings (SSSR count). The van der Waals surface area contributed by atoms with Crippen LogP contribution in [0.1, 0.15) is 48.9 Å². The molecule has 0 radical (unpaired) electrons. The molecular weight excluding hydrogens is 390 g/mol. The summed E-state index contributed by atoms with van der Waals surface area (Å²) >= 11 is 0. The average molecular weight is 422 g/mol. The van der Waals surface area contributed by atoms with Gasteiger partial charge in [-0.1, -0.05) is 25.0 Å². The highest BCUT2D eigenvalue weighted by atomic mass is 16.5. The highest BCUT2D eigenvalue weighted by Crippen LogP contribution is 2.24. The van der Waals surface area contributed by atoms with Crippen LogP contribution < -0.4 is 15.0 Å². The Morgan fingerprint density at radius 3 is 2.16 bits per heavy atom. The molecule has 2 amide bonds. The van der Waals surface area contributed by atoms with Crippen molar-refractivity contribution in [1.82, 2.24) is 4.90 Å². The van der Waals surface area contributed by atoms with Gasteiger partial charge in [0.15, 0.2) is 6.61 Å². The van der Waals surface area contributed by atoms with E-state index in [0.29, 0.717) is 11.3 Å². The minimum atomic E-state index is -0.244. The zero-order chi connectivity index (χ0) is 21.5. The van der Waals surface area contributed by atoms with Crippen LogP contribution in [0, 0.1) is 0 Å². The summed E-state index contributed by atoms with van der Waals surface area (Å²) in [6, 6.07) is 15.0. The molecule has 164 valence electrons. The van der Waals surface area contributed by atoms with E-state index in [-0.39, 0.29) is 18.4 Å². The lowest BCUT2D eigenvalue weighted by Gasteiger charge is -2.21. The molecule has 2 aromatic rings. The Morgan fingerprint density at radius 1 is 0.806 bits per heavy atom. The van der Waals surface area contributed by atoms with Crippen molar-refractivity contribution in [3.05, 3.63) is 54.1 Å². The maximum Gasteiger partial charge on any atom is 0.260 e. The number of rotatable bonds is 6. The molecule has 6 nitrogen and oxygen atoms in total. The molecule has 2 aliphatic rings. The number of nitrogens with zero attached hydrogens (tertiary/aromatic N) is 2. The summed E-state index contributed by atoms with van der Waals surface area (Å²) in [7, 11) is 0. The molecular formula is C25H31N3O3. The molecule has 1 N–H and O–H groups in total. The lowest BCUT2D eigenvalue weighted by Crippen LogP contribution is -2.35. The van der Waals surface area contributed by atoms with E-state index in [1.807, 2.05) is 35.2 Å². The Balaban J connectivity index is 1.36. The van der Waals surface area contributed by atoms with Crippen LogP contribution in [0.2, 0.25) is 0 Å². The topological polar surface area (TPSA) is 61.9 Å². The lowest BCUT2D eigenvalue weighted by atomic mass is 10.1. The van der Waals surface area contributed by atoms with Crippen molar-refractivity contribution in [3.63, 3.8) is 0 Å². The summed E-state index contributed by atoms with van der Waals surface area (Å²) in [6.07, 6.45) is 6.90. The van der Waals surface area contributed by atoms with Gasteiger partial charge in [-0.25, -0.2) is 0 Å². The first kappa shape index (κ1) is 21.2. The SMILES string of the molecule is O=C(Nc1ccc(N2CCCC2)cc1)c1ccccc1OCC(=O)N1CCCCCC1. The van der Waals surface area contributed by atoms with E-state index >= 15 is 0 Å². The lowest BCUT2D eigenvalue weighted by molar-refractivity contribution is -0.133. The third-order valence-corrected chi connectivity index (χ3v) is 6.04. The zero-order valence-electron chi connectivity index (χ0n) is 18.0. The van der Waals surface area contributed by atoms with Crippen LogP contribution in [0.5, 0.6) is 5.75 Å². The predicted molar refractivity (Wildman–Crippen MR) is 123 cm³/mol. The zero-order valence-corrected chi connectivity index (χ0v) is 18.0. The number of carbonyl (C=O) groups is 2. The van der Waals surface area contributed by atoms with E-state index in [1.54, 1.807) is 18.2 Å². The van der Waals surface area contributed by atoms with Gasteiger partial charge >= 0.3 is 0 Å². The molecule has 31 heavy (non-hydrogen) atoms. The minimum Gasteiger partial charge on any atom is -0.483 e. The monoisotopic (exact) mass is 421 g/mol. The first-order valence-corrected chi connectivity index (χ1v) is 11.4. The normalized spacial score (nSPS) is 16.6. The van der Waals surface area contributed by atoms with Crippen LogP contribution in [0.15, 0.2) is 48.5 Å². The van der Waals surface area contributed by atoms with E-state index < -0.39 is 0 Å². The van der Waals surface area contributed by atoms with Gasteiger partial charge in [0.2, 0.25) is 0 Å². The van der Waals surface area contributed by atoms with Gasteiger partial charge in [0.25, 0.3) is 11.8 Å². The van der Waals surface area contributed by atoms with Crippen molar-refractivity contribution >= 4 is 23.2 Å². The fraction of sp³-hybridized carbons (Fsp3) is 0.440. The van der Waals surface area contributed by atoms with Crippen molar-refractivity contribution in [2.75, 3.05) is 43.0 Å². The van der Waals surface area contributed by atoms with Gasteiger partial charge in [0.05, 0.1) is 5.56 Å². The molecule has 0 aromatic heterocycles. The summed E-state index contributed by atoms with van der Waals surface area (Å²) in [5.74, 6) is 0.165. The second-order valence-electron chi connectivity index (χ2n) is 8.27. The molecule has 2 heterocycles. The van der Waals surface area contributed by atoms with Crippen molar-refractivity contribution in [3.8, 4) is 5.75 Å². The fourth-order valence-electron chi connectivity index (χ4n) is 4.26. The number of para-hydroxylation sites is 1. The van der Waals surface area contributed by atoms with E-state index in [0.717, 1.165) is 44.7 Å². The van der Waals surface area contributed by atoms with Crippen LogP contribution in [0.4, 0.5) is 11.4 Å². The quantitative estimate of drug-likeness (QED) is 0.755. The Morgan fingerprint density at radius 2 is 1.45 bits per heavy atom. The maximum absolute atomic E-state index is 12.9. The Bertz CT molecular complexity index is 883. The minimum absolute atomic E-state index is 0.0189. The average Bonchev–Trinajstić information content (AvgIpc) is 3.20. The molecule has 2 saturated heterocycles. The fourth-order valence-corrected chi connectivity index (χ4v) is 4.26. The molecule has 0 bridgehead atoms. The van der Waals surface area contributed by atoms with E-state index in [9.17, 15) is 9.59 Å². The second-order valence-corrected chi connectivity index (χ2v) is 8.27. The molecule has 2 aliphatic heterocycles. The highest BCUT2D eigenvalue weighted by molar-refractivity contribution is 6.06. The molecule has 0 atom stereocenters. The summed E-state index contributed by atoms with van der Waals surface area (Å²) < 4.78 is 5.78. The molecule has 2 fully saturated rings. The number of anilines is 2. The Hall–Kier alpha value is -3.02. The smallest absolute Gasteiger partial charge is 0.260 e.